The number of para-hydroxylation sites is 1. The quantitative estimate of drug-likeness (QED) is 0.835. The van der Waals surface area contributed by atoms with Crippen molar-refractivity contribution < 1.29 is 0 Å². The Morgan fingerprint density at radius 1 is 1.41 bits per heavy atom. The molecule has 2 aromatic rings. The van der Waals surface area contributed by atoms with E-state index < -0.39 is 0 Å². The number of thiazole rings is 1. The Bertz CT molecular complexity index is 715. The summed E-state index contributed by atoms with van der Waals surface area (Å²) in [5, 5.41) is 10.4. The van der Waals surface area contributed by atoms with E-state index in [-0.39, 0.29) is 11.3 Å². The number of hydrogen-bond acceptors (Lipinski definition) is 5. The van der Waals surface area contributed by atoms with Crippen molar-refractivity contribution in [3.63, 3.8) is 0 Å². The molecule has 0 saturated carbocycles. The second-order valence-electron chi connectivity index (χ2n) is 6.71. The summed E-state index contributed by atoms with van der Waals surface area (Å²) in [5.41, 5.74) is 8.30. The fourth-order valence-corrected chi connectivity index (χ4v) is 3.82. The summed E-state index contributed by atoms with van der Waals surface area (Å²) in [7, 11) is 0. The van der Waals surface area contributed by atoms with Crippen LogP contribution < -0.4 is 10.9 Å². The van der Waals surface area contributed by atoms with E-state index in [0.717, 1.165) is 21.8 Å². The number of nitrogens with one attached hydrogen (secondary N) is 2. The molecule has 5 heteroatoms. The monoisotopic (exact) mass is 312 g/mol. The van der Waals surface area contributed by atoms with Gasteiger partial charge in [-0.1, -0.05) is 39.0 Å². The summed E-state index contributed by atoms with van der Waals surface area (Å²) < 4.78 is 1.12. The lowest BCUT2D eigenvalue weighted by Gasteiger charge is -2.30. The van der Waals surface area contributed by atoms with E-state index in [1.165, 1.54) is 0 Å². The highest BCUT2D eigenvalue weighted by molar-refractivity contribution is 7.19. The van der Waals surface area contributed by atoms with Crippen molar-refractivity contribution in [2.75, 3.05) is 6.54 Å². The molecule has 2 atom stereocenters. The lowest BCUT2D eigenvalue weighted by atomic mass is 9.79. The smallest absolute Gasteiger partial charge is 0.134 e. The second-order valence-corrected chi connectivity index (χ2v) is 7.74. The molecule has 3 rings (SSSR count). The molecule has 1 aromatic heterocycles. The molecule has 2 N–H and O–H groups in total. The molecule has 0 bridgehead atoms. The minimum absolute atomic E-state index is 0.124. The molecule has 1 saturated heterocycles. The van der Waals surface area contributed by atoms with Crippen LogP contribution in [-0.4, -0.2) is 17.6 Å². The van der Waals surface area contributed by atoms with Crippen LogP contribution in [0.25, 0.3) is 15.8 Å². The average Bonchev–Trinajstić information content (AvgIpc) is 3.10. The largest absolute Gasteiger partial charge is 0.257 e. The standard InChI is InChI=1S/C17H20N4S/c1-17(2,3)15-12(10-19-21-15)8-11(9-18)16-20-13-6-4-5-7-14(13)22-16/h4-8,12,15,19,21H,10H2,1-3H3/b11-8+. The fraction of sp³-hybridized carbons (Fsp3) is 0.412. The first kappa shape index (κ1) is 15.2. The molecule has 2 unspecified atom stereocenters. The van der Waals surface area contributed by atoms with Crippen molar-refractivity contribution in [2.45, 2.75) is 26.8 Å². The van der Waals surface area contributed by atoms with Gasteiger partial charge in [-0.2, -0.15) is 5.26 Å². The maximum Gasteiger partial charge on any atom is 0.134 e. The number of hydrazine groups is 1. The summed E-state index contributed by atoms with van der Waals surface area (Å²) in [6, 6.07) is 10.6. The van der Waals surface area contributed by atoms with Crippen LogP contribution in [0, 0.1) is 22.7 Å². The number of allylic oxidation sites excluding steroid dienone is 1. The molecule has 0 spiro atoms. The third-order valence-electron chi connectivity index (χ3n) is 3.98. The minimum Gasteiger partial charge on any atom is -0.257 e. The van der Waals surface area contributed by atoms with Gasteiger partial charge in [0.15, 0.2) is 0 Å². The fourth-order valence-electron chi connectivity index (χ4n) is 2.88. The lowest BCUT2D eigenvalue weighted by molar-refractivity contribution is 0.260. The first-order valence-electron chi connectivity index (χ1n) is 7.45. The molecule has 0 amide bonds. The van der Waals surface area contributed by atoms with E-state index in [1.54, 1.807) is 11.3 Å². The van der Waals surface area contributed by atoms with Crippen molar-refractivity contribution in [3.8, 4) is 6.07 Å². The Morgan fingerprint density at radius 2 is 2.18 bits per heavy atom. The van der Waals surface area contributed by atoms with E-state index >= 15 is 0 Å². The lowest BCUT2D eigenvalue weighted by Crippen LogP contribution is -2.41. The molecule has 4 nitrogen and oxygen atoms in total. The van der Waals surface area contributed by atoms with Gasteiger partial charge in [0, 0.05) is 18.5 Å². The number of fused-ring (bicyclic) bond motifs is 1. The number of nitriles is 1. The van der Waals surface area contributed by atoms with Crippen molar-refractivity contribution in [1.82, 2.24) is 15.8 Å². The first-order valence-corrected chi connectivity index (χ1v) is 8.27. The Labute approximate surface area is 134 Å². The van der Waals surface area contributed by atoms with E-state index in [2.05, 4.69) is 48.8 Å². The van der Waals surface area contributed by atoms with Gasteiger partial charge in [-0.3, -0.25) is 10.9 Å². The van der Waals surface area contributed by atoms with Crippen molar-refractivity contribution in [2.24, 2.45) is 11.3 Å². The first-order chi connectivity index (χ1) is 10.5. The molecule has 22 heavy (non-hydrogen) atoms. The summed E-state index contributed by atoms with van der Waals surface area (Å²) >= 11 is 1.58. The summed E-state index contributed by atoms with van der Waals surface area (Å²) in [5.74, 6) is 0.279. The maximum absolute atomic E-state index is 9.56. The van der Waals surface area contributed by atoms with Crippen LogP contribution >= 0.6 is 11.3 Å². The number of benzene rings is 1. The third kappa shape index (κ3) is 2.91. The molecular weight excluding hydrogens is 292 g/mol. The minimum atomic E-state index is 0.124. The Hall–Kier alpha value is -1.74. The maximum atomic E-state index is 9.56. The van der Waals surface area contributed by atoms with Gasteiger partial charge in [0.25, 0.3) is 0 Å². The van der Waals surface area contributed by atoms with Crippen LogP contribution in [0.2, 0.25) is 0 Å². The zero-order valence-corrected chi connectivity index (χ0v) is 13.9. The van der Waals surface area contributed by atoms with Gasteiger partial charge in [-0.05, 0) is 17.5 Å². The van der Waals surface area contributed by atoms with E-state index in [1.807, 2.05) is 24.3 Å². The van der Waals surface area contributed by atoms with Crippen molar-refractivity contribution >= 4 is 27.1 Å². The van der Waals surface area contributed by atoms with E-state index in [9.17, 15) is 5.26 Å². The van der Waals surface area contributed by atoms with Gasteiger partial charge in [0.05, 0.1) is 15.8 Å². The van der Waals surface area contributed by atoms with Gasteiger partial charge in [-0.25, -0.2) is 4.98 Å². The van der Waals surface area contributed by atoms with Crippen LogP contribution in [0.4, 0.5) is 0 Å². The number of aromatic nitrogens is 1. The average molecular weight is 312 g/mol. The van der Waals surface area contributed by atoms with Crippen LogP contribution in [0.3, 0.4) is 0 Å². The van der Waals surface area contributed by atoms with E-state index in [0.29, 0.717) is 11.6 Å². The third-order valence-corrected chi connectivity index (χ3v) is 5.05. The van der Waals surface area contributed by atoms with Crippen LogP contribution in [-0.2, 0) is 0 Å². The predicted octanol–water partition coefficient (Wildman–Crippen LogP) is 3.34. The molecule has 1 fully saturated rings. The molecule has 0 aliphatic carbocycles. The van der Waals surface area contributed by atoms with E-state index in [4.69, 9.17) is 0 Å². The normalized spacial score (nSPS) is 22.9. The van der Waals surface area contributed by atoms with Gasteiger partial charge >= 0.3 is 0 Å². The SMILES string of the molecule is CC(C)(C)C1NNCC1/C=C(\C#N)c1nc2ccccc2s1. The number of hydrogen-bond donors (Lipinski definition) is 2. The second kappa shape index (κ2) is 5.81. The van der Waals surface area contributed by atoms with Crippen molar-refractivity contribution in [3.05, 3.63) is 35.3 Å². The summed E-state index contributed by atoms with van der Waals surface area (Å²) in [4.78, 5) is 4.60. The highest BCUT2D eigenvalue weighted by Gasteiger charge is 2.35. The molecule has 1 aromatic carbocycles. The molecule has 1 aliphatic rings. The summed E-state index contributed by atoms with van der Waals surface area (Å²) in [6.45, 7) is 7.46. The van der Waals surface area contributed by atoms with Gasteiger partial charge in [0.2, 0.25) is 0 Å². The Morgan fingerprint density at radius 3 is 2.86 bits per heavy atom. The molecule has 2 heterocycles. The van der Waals surface area contributed by atoms with Crippen LogP contribution in [0.1, 0.15) is 25.8 Å². The topological polar surface area (TPSA) is 60.7 Å². The Kier molecular flexibility index (Phi) is 4.00. The number of rotatable bonds is 2. The van der Waals surface area contributed by atoms with Gasteiger partial charge < -0.3 is 0 Å². The van der Waals surface area contributed by atoms with Crippen LogP contribution in [0.5, 0.6) is 0 Å². The number of nitrogens with zero attached hydrogens (tertiary/aromatic N) is 2. The van der Waals surface area contributed by atoms with Gasteiger partial charge in [-0.15, -0.1) is 11.3 Å². The highest BCUT2D eigenvalue weighted by Crippen LogP contribution is 2.32. The molecular formula is C17H20N4S. The molecule has 114 valence electrons. The zero-order chi connectivity index (χ0) is 15.7. The van der Waals surface area contributed by atoms with Crippen molar-refractivity contribution in [1.29, 1.82) is 5.26 Å². The summed E-state index contributed by atoms with van der Waals surface area (Å²) in [6.07, 6.45) is 2.07. The Balaban J connectivity index is 1.95. The van der Waals surface area contributed by atoms with Crippen LogP contribution in [0.15, 0.2) is 30.3 Å². The zero-order valence-electron chi connectivity index (χ0n) is 13.1. The highest BCUT2D eigenvalue weighted by atomic mass is 32.1. The molecule has 1 aliphatic heterocycles. The molecule has 0 radical (unpaired) electrons. The van der Waals surface area contributed by atoms with Gasteiger partial charge in [0.1, 0.15) is 11.1 Å². The predicted molar refractivity (Wildman–Crippen MR) is 91.1 cm³/mol.